The monoisotopic (exact) mass is 820 g/mol. The normalized spacial score (nSPS) is 13.3. The molecule has 1 amide bonds. The minimum Gasteiger partial charge on any atom is -0.462 e. The molecule has 0 aliphatic rings. The number of unbranched alkanes of at least 4 members (excludes halogenated alkanes) is 33. The van der Waals surface area contributed by atoms with Crippen LogP contribution in [0.2, 0.25) is 0 Å². The zero-order valence-electron chi connectivity index (χ0n) is 39.2. The molecule has 0 fully saturated rings. The number of carbonyl (C=O) groups excluding carboxylic acids is 2. The molecule has 344 valence electrons. The van der Waals surface area contributed by atoms with Crippen molar-refractivity contribution in [2.45, 2.75) is 302 Å². The fourth-order valence-electron chi connectivity index (χ4n) is 8.14. The molecular formula is C52H101NO5. The summed E-state index contributed by atoms with van der Waals surface area (Å²) in [6.45, 7) is 6.45. The molecule has 0 spiro atoms. The Morgan fingerprint density at radius 1 is 0.483 bits per heavy atom. The SMILES string of the molecule is CCC/C=C\CCCCCCCC(=O)OC(CCCCCCCCCCCCCCC)CC(=O)NC(CO)C(O)CCCCCCCCCCCCCCCCCC. The van der Waals surface area contributed by atoms with Crippen LogP contribution in [0.15, 0.2) is 12.2 Å². The van der Waals surface area contributed by atoms with Crippen LogP contribution >= 0.6 is 0 Å². The Bertz CT molecular complexity index is 878. The van der Waals surface area contributed by atoms with Crippen molar-refractivity contribution in [2.75, 3.05) is 6.61 Å². The topological polar surface area (TPSA) is 95.9 Å². The molecule has 0 rings (SSSR count). The van der Waals surface area contributed by atoms with E-state index in [4.69, 9.17) is 4.74 Å². The van der Waals surface area contributed by atoms with E-state index in [2.05, 4.69) is 38.2 Å². The van der Waals surface area contributed by atoms with Crippen LogP contribution in [0.5, 0.6) is 0 Å². The minimum absolute atomic E-state index is 0.0812. The van der Waals surface area contributed by atoms with Gasteiger partial charge in [-0.05, 0) is 44.9 Å². The van der Waals surface area contributed by atoms with Crippen molar-refractivity contribution in [1.82, 2.24) is 5.32 Å². The summed E-state index contributed by atoms with van der Waals surface area (Å²) in [5.41, 5.74) is 0. The summed E-state index contributed by atoms with van der Waals surface area (Å²) in [6.07, 6.45) is 51.3. The number of allylic oxidation sites excluding steroid dienone is 2. The number of aliphatic hydroxyl groups is 2. The third-order valence-corrected chi connectivity index (χ3v) is 12.1. The molecule has 0 radical (unpaired) electrons. The van der Waals surface area contributed by atoms with E-state index < -0.39 is 18.2 Å². The fourth-order valence-corrected chi connectivity index (χ4v) is 8.14. The Balaban J connectivity index is 4.46. The van der Waals surface area contributed by atoms with E-state index >= 15 is 0 Å². The summed E-state index contributed by atoms with van der Waals surface area (Å²) in [4.78, 5) is 26.1. The standard InChI is InChI=1S/C52H101NO5/c1-4-7-10-13-16-19-22-24-25-26-28-30-32-35-38-41-44-50(55)49(47-54)53-51(56)46-48(43-40-37-34-31-29-27-23-20-17-14-11-8-5-2)58-52(57)45-42-39-36-33-21-18-15-12-9-6-3/h12,15,48-50,54-55H,4-11,13-14,16-47H2,1-3H3,(H,53,56)/b15-12-. The Kier molecular flexibility index (Phi) is 45.5. The second kappa shape index (κ2) is 46.7. The molecule has 3 atom stereocenters. The van der Waals surface area contributed by atoms with E-state index in [9.17, 15) is 19.8 Å². The van der Waals surface area contributed by atoms with Crippen LogP contribution in [0.1, 0.15) is 284 Å². The smallest absolute Gasteiger partial charge is 0.306 e. The lowest BCUT2D eigenvalue weighted by molar-refractivity contribution is -0.151. The number of rotatable bonds is 47. The number of nitrogens with one attached hydrogen (secondary N) is 1. The van der Waals surface area contributed by atoms with E-state index in [1.165, 1.54) is 180 Å². The van der Waals surface area contributed by atoms with E-state index in [-0.39, 0.29) is 24.9 Å². The number of hydrogen-bond acceptors (Lipinski definition) is 5. The number of aliphatic hydroxyl groups excluding tert-OH is 2. The lowest BCUT2D eigenvalue weighted by atomic mass is 10.0. The molecule has 0 bridgehead atoms. The van der Waals surface area contributed by atoms with Crippen molar-refractivity contribution in [3.63, 3.8) is 0 Å². The van der Waals surface area contributed by atoms with Gasteiger partial charge in [0, 0.05) is 6.42 Å². The van der Waals surface area contributed by atoms with Crippen LogP contribution in [0.25, 0.3) is 0 Å². The van der Waals surface area contributed by atoms with Crippen LogP contribution < -0.4 is 5.32 Å². The third-order valence-electron chi connectivity index (χ3n) is 12.1. The molecule has 0 aromatic carbocycles. The van der Waals surface area contributed by atoms with Gasteiger partial charge in [-0.25, -0.2) is 0 Å². The summed E-state index contributed by atoms with van der Waals surface area (Å²) in [7, 11) is 0. The lowest BCUT2D eigenvalue weighted by Crippen LogP contribution is -2.46. The highest BCUT2D eigenvalue weighted by atomic mass is 16.5. The summed E-state index contributed by atoms with van der Waals surface area (Å²) < 4.78 is 5.92. The highest BCUT2D eigenvalue weighted by Gasteiger charge is 2.24. The predicted molar refractivity (Wildman–Crippen MR) is 250 cm³/mol. The maximum absolute atomic E-state index is 13.2. The van der Waals surface area contributed by atoms with Gasteiger partial charge in [0.1, 0.15) is 6.10 Å². The Morgan fingerprint density at radius 2 is 0.862 bits per heavy atom. The van der Waals surface area contributed by atoms with Gasteiger partial charge in [0.25, 0.3) is 0 Å². The van der Waals surface area contributed by atoms with Crippen molar-refractivity contribution in [2.24, 2.45) is 0 Å². The first-order chi connectivity index (χ1) is 28.5. The van der Waals surface area contributed by atoms with Gasteiger partial charge in [-0.3, -0.25) is 9.59 Å². The van der Waals surface area contributed by atoms with E-state index in [0.717, 1.165) is 57.8 Å². The Hall–Kier alpha value is -1.40. The van der Waals surface area contributed by atoms with Gasteiger partial charge in [-0.1, -0.05) is 238 Å². The van der Waals surface area contributed by atoms with E-state index in [0.29, 0.717) is 19.3 Å². The summed E-state index contributed by atoms with van der Waals surface area (Å²) in [6, 6.07) is -0.696. The first-order valence-corrected chi connectivity index (χ1v) is 25.9. The largest absolute Gasteiger partial charge is 0.462 e. The number of amides is 1. The predicted octanol–water partition coefficient (Wildman–Crippen LogP) is 15.3. The van der Waals surface area contributed by atoms with Crippen molar-refractivity contribution in [3.8, 4) is 0 Å². The zero-order valence-corrected chi connectivity index (χ0v) is 39.2. The number of ether oxygens (including phenoxy) is 1. The number of hydrogen-bond donors (Lipinski definition) is 3. The average Bonchev–Trinajstić information content (AvgIpc) is 3.22. The molecule has 6 heteroatoms. The molecule has 6 nitrogen and oxygen atoms in total. The van der Waals surface area contributed by atoms with Crippen LogP contribution in [0, 0.1) is 0 Å². The molecule has 3 N–H and O–H groups in total. The lowest BCUT2D eigenvalue weighted by Gasteiger charge is -2.24. The summed E-state index contributed by atoms with van der Waals surface area (Å²) >= 11 is 0. The van der Waals surface area contributed by atoms with Crippen LogP contribution in [0.3, 0.4) is 0 Å². The zero-order chi connectivity index (χ0) is 42.4. The minimum atomic E-state index is -0.782. The molecule has 58 heavy (non-hydrogen) atoms. The van der Waals surface area contributed by atoms with E-state index in [1.807, 2.05) is 0 Å². The third kappa shape index (κ3) is 41.3. The molecule has 0 aromatic heterocycles. The number of carbonyl (C=O) groups is 2. The second-order valence-electron chi connectivity index (χ2n) is 17.9. The summed E-state index contributed by atoms with van der Waals surface area (Å²) in [5.74, 6) is -0.470. The number of esters is 1. The molecular weight excluding hydrogens is 719 g/mol. The van der Waals surface area contributed by atoms with Gasteiger partial charge in [-0.2, -0.15) is 0 Å². The summed E-state index contributed by atoms with van der Waals surface area (Å²) in [5, 5.41) is 23.8. The van der Waals surface area contributed by atoms with Gasteiger partial charge >= 0.3 is 5.97 Å². The molecule has 0 saturated heterocycles. The van der Waals surface area contributed by atoms with Gasteiger partial charge in [0.15, 0.2) is 0 Å². The maximum Gasteiger partial charge on any atom is 0.306 e. The first-order valence-electron chi connectivity index (χ1n) is 25.9. The van der Waals surface area contributed by atoms with Gasteiger partial charge in [0.05, 0.1) is 25.2 Å². The van der Waals surface area contributed by atoms with E-state index in [1.54, 1.807) is 0 Å². The van der Waals surface area contributed by atoms with Crippen molar-refractivity contribution in [3.05, 3.63) is 12.2 Å². The highest BCUT2D eigenvalue weighted by molar-refractivity contribution is 5.77. The van der Waals surface area contributed by atoms with Crippen LogP contribution in [0.4, 0.5) is 0 Å². The average molecular weight is 820 g/mol. The van der Waals surface area contributed by atoms with Crippen LogP contribution in [-0.2, 0) is 14.3 Å². The Labute approximate surface area is 361 Å². The molecule has 0 heterocycles. The molecule has 3 unspecified atom stereocenters. The van der Waals surface area contributed by atoms with Gasteiger partial charge in [0.2, 0.25) is 5.91 Å². The molecule has 0 saturated carbocycles. The Morgan fingerprint density at radius 3 is 1.29 bits per heavy atom. The second-order valence-corrected chi connectivity index (χ2v) is 17.9. The van der Waals surface area contributed by atoms with Crippen molar-refractivity contribution >= 4 is 11.9 Å². The molecule has 0 aromatic rings. The maximum atomic E-state index is 13.2. The molecule has 0 aliphatic carbocycles. The first kappa shape index (κ1) is 56.6. The van der Waals surface area contributed by atoms with Crippen LogP contribution in [-0.4, -0.2) is 46.9 Å². The molecule has 0 aliphatic heterocycles. The van der Waals surface area contributed by atoms with Crippen molar-refractivity contribution in [1.29, 1.82) is 0 Å². The highest BCUT2D eigenvalue weighted by Crippen LogP contribution is 2.18. The fraction of sp³-hybridized carbons (Fsp3) is 0.923. The van der Waals surface area contributed by atoms with Gasteiger partial charge in [-0.15, -0.1) is 0 Å². The quantitative estimate of drug-likeness (QED) is 0.0323. The van der Waals surface area contributed by atoms with Gasteiger partial charge < -0.3 is 20.3 Å². The van der Waals surface area contributed by atoms with Crippen molar-refractivity contribution < 1.29 is 24.5 Å².